The predicted molar refractivity (Wildman–Crippen MR) is 72.1 cm³/mol. The van der Waals surface area contributed by atoms with E-state index in [-0.39, 0.29) is 24.4 Å². The first kappa shape index (κ1) is 15.4. The second-order valence-electron chi connectivity index (χ2n) is 3.52. The number of amides is 1. The molecule has 1 aromatic carbocycles. The SMILES string of the molecule is Cc1c(Br)cccc1C(=O)N[C@@H](C)CN.Cl. The lowest BCUT2D eigenvalue weighted by Crippen LogP contribution is -2.38. The fourth-order valence-corrected chi connectivity index (χ4v) is 1.58. The summed E-state index contributed by atoms with van der Waals surface area (Å²) in [5.41, 5.74) is 7.07. The van der Waals surface area contributed by atoms with Gasteiger partial charge < -0.3 is 11.1 Å². The quantitative estimate of drug-likeness (QED) is 0.900. The molecule has 1 amide bonds. The zero-order chi connectivity index (χ0) is 11.4. The van der Waals surface area contributed by atoms with Crippen LogP contribution in [0.2, 0.25) is 0 Å². The minimum Gasteiger partial charge on any atom is -0.348 e. The third-order valence-corrected chi connectivity index (χ3v) is 3.10. The normalized spacial score (nSPS) is 11.5. The average molecular weight is 308 g/mol. The Hall–Kier alpha value is -0.580. The molecule has 0 aliphatic heterocycles. The van der Waals surface area contributed by atoms with E-state index in [9.17, 15) is 4.79 Å². The summed E-state index contributed by atoms with van der Waals surface area (Å²) in [6, 6.07) is 5.56. The second-order valence-corrected chi connectivity index (χ2v) is 4.38. The molecular weight excluding hydrogens is 291 g/mol. The summed E-state index contributed by atoms with van der Waals surface area (Å²) < 4.78 is 0.940. The predicted octanol–water partition coefficient (Wildman–Crippen LogP) is 2.26. The molecule has 3 N–H and O–H groups in total. The maximum atomic E-state index is 11.8. The molecule has 0 aromatic heterocycles. The van der Waals surface area contributed by atoms with E-state index in [4.69, 9.17) is 5.73 Å². The lowest BCUT2D eigenvalue weighted by molar-refractivity contribution is 0.0940. The smallest absolute Gasteiger partial charge is 0.251 e. The van der Waals surface area contributed by atoms with Crippen LogP contribution in [0.1, 0.15) is 22.8 Å². The first-order valence-electron chi connectivity index (χ1n) is 4.82. The van der Waals surface area contributed by atoms with Gasteiger partial charge in [0.15, 0.2) is 0 Å². The van der Waals surface area contributed by atoms with E-state index in [1.54, 1.807) is 6.07 Å². The fourth-order valence-electron chi connectivity index (χ4n) is 1.21. The maximum Gasteiger partial charge on any atom is 0.251 e. The standard InChI is InChI=1S/C11H15BrN2O.ClH/c1-7(6-13)14-11(15)9-4-3-5-10(12)8(9)2;/h3-5,7H,6,13H2,1-2H3,(H,14,15);1H/t7-;/m0./s1. The minimum atomic E-state index is -0.0771. The van der Waals surface area contributed by atoms with E-state index in [2.05, 4.69) is 21.2 Å². The summed E-state index contributed by atoms with van der Waals surface area (Å²) in [6.45, 7) is 4.23. The summed E-state index contributed by atoms with van der Waals surface area (Å²) in [6.07, 6.45) is 0. The van der Waals surface area contributed by atoms with Crippen LogP contribution in [0, 0.1) is 6.92 Å². The molecule has 0 aliphatic carbocycles. The van der Waals surface area contributed by atoms with Crippen molar-refractivity contribution in [2.75, 3.05) is 6.54 Å². The van der Waals surface area contributed by atoms with Gasteiger partial charge in [0.1, 0.15) is 0 Å². The molecule has 16 heavy (non-hydrogen) atoms. The molecule has 1 aromatic rings. The Kier molecular flexibility index (Phi) is 6.64. The van der Waals surface area contributed by atoms with Crippen molar-refractivity contribution < 1.29 is 4.79 Å². The highest BCUT2D eigenvalue weighted by Gasteiger charge is 2.12. The molecule has 0 radical (unpaired) electrons. The molecule has 0 bridgehead atoms. The summed E-state index contributed by atoms with van der Waals surface area (Å²) in [5.74, 6) is -0.0771. The van der Waals surface area contributed by atoms with Crippen LogP contribution in [-0.2, 0) is 0 Å². The highest BCUT2D eigenvalue weighted by atomic mass is 79.9. The zero-order valence-electron chi connectivity index (χ0n) is 9.29. The molecule has 5 heteroatoms. The van der Waals surface area contributed by atoms with Gasteiger partial charge in [-0.25, -0.2) is 0 Å². The first-order valence-corrected chi connectivity index (χ1v) is 5.61. The van der Waals surface area contributed by atoms with E-state index in [0.29, 0.717) is 12.1 Å². The molecule has 0 saturated heterocycles. The van der Waals surface area contributed by atoms with Crippen molar-refractivity contribution >= 4 is 34.2 Å². The van der Waals surface area contributed by atoms with Crippen molar-refractivity contribution in [2.24, 2.45) is 5.73 Å². The third-order valence-electron chi connectivity index (χ3n) is 2.24. The van der Waals surface area contributed by atoms with Gasteiger partial charge in [0, 0.05) is 22.6 Å². The van der Waals surface area contributed by atoms with Crippen molar-refractivity contribution in [3.05, 3.63) is 33.8 Å². The Morgan fingerprint density at radius 1 is 1.56 bits per heavy atom. The van der Waals surface area contributed by atoms with Crippen LogP contribution in [0.4, 0.5) is 0 Å². The van der Waals surface area contributed by atoms with Gasteiger partial charge in [-0.15, -0.1) is 12.4 Å². The van der Waals surface area contributed by atoms with E-state index in [0.717, 1.165) is 10.0 Å². The van der Waals surface area contributed by atoms with Gasteiger partial charge in [-0.3, -0.25) is 4.79 Å². The number of halogens is 2. The number of carbonyl (C=O) groups excluding carboxylic acids is 1. The van der Waals surface area contributed by atoms with Crippen molar-refractivity contribution in [1.82, 2.24) is 5.32 Å². The van der Waals surface area contributed by atoms with Crippen LogP contribution in [0.25, 0.3) is 0 Å². The van der Waals surface area contributed by atoms with Crippen LogP contribution in [0.3, 0.4) is 0 Å². The Morgan fingerprint density at radius 3 is 2.75 bits per heavy atom. The van der Waals surface area contributed by atoms with Crippen LogP contribution in [-0.4, -0.2) is 18.5 Å². The molecule has 1 atom stereocenters. The minimum absolute atomic E-state index is 0. The number of nitrogens with one attached hydrogen (secondary N) is 1. The molecule has 0 heterocycles. The average Bonchev–Trinajstić information content (AvgIpc) is 2.21. The van der Waals surface area contributed by atoms with Crippen LogP contribution in [0.5, 0.6) is 0 Å². The van der Waals surface area contributed by atoms with Crippen molar-refractivity contribution in [1.29, 1.82) is 0 Å². The molecule has 3 nitrogen and oxygen atoms in total. The number of rotatable bonds is 3. The monoisotopic (exact) mass is 306 g/mol. The Morgan fingerprint density at radius 2 is 2.19 bits per heavy atom. The lowest BCUT2D eigenvalue weighted by Gasteiger charge is -2.13. The number of nitrogens with two attached hydrogens (primary N) is 1. The summed E-state index contributed by atoms with van der Waals surface area (Å²) in [7, 11) is 0. The number of hydrogen-bond acceptors (Lipinski definition) is 2. The Balaban J connectivity index is 0.00000225. The van der Waals surface area contributed by atoms with Gasteiger partial charge in [-0.2, -0.15) is 0 Å². The summed E-state index contributed by atoms with van der Waals surface area (Å²) >= 11 is 3.39. The Bertz CT molecular complexity index is 371. The Labute approximate surface area is 110 Å². The molecule has 0 fully saturated rings. The molecule has 0 spiro atoms. The topological polar surface area (TPSA) is 55.1 Å². The van der Waals surface area contributed by atoms with Crippen LogP contribution < -0.4 is 11.1 Å². The van der Waals surface area contributed by atoms with Crippen LogP contribution in [0.15, 0.2) is 22.7 Å². The molecule has 0 unspecified atom stereocenters. The molecule has 0 saturated carbocycles. The van der Waals surface area contributed by atoms with Gasteiger partial charge >= 0.3 is 0 Å². The van der Waals surface area contributed by atoms with Gasteiger partial charge in [0.25, 0.3) is 5.91 Å². The highest BCUT2D eigenvalue weighted by Crippen LogP contribution is 2.19. The van der Waals surface area contributed by atoms with Gasteiger partial charge in [0.05, 0.1) is 0 Å². The molecule has 90 valence electrons. The van der Waals surface area contributed by atoms with E-state index >= 15 is 0 Å². The van der Waals surface area contributed by atoms with Crippen molar-refractivity contribution in [2.45, 2.75) is 19.9 Å². The summed E-state index contributed by atoms with van der Waals surface area (Å²) in [4.78, 5) is 11.8. The van der Waals surface area contributed by atoms with Crippen LogP contribution >= 0.6 is 28.3 Å². The van der Waals surface area contributed by atoms with Crippen molar-refractivity contribution in [3.63, 3.8) is 0 Å². The largest absolute Gasteiger partial charge is 0.348 e. The van der Waals surface area contributed by atoms with Gasteiger partial charge in [-0.05, 0) is 31.5 Å². The van der Waals surface area contributed by atoms with E-state index in [1.165, 1.54) is 0 Å². The van der Waals surface area contributed by atoms with Crippen molar-refractivity contribution in [3.8, 4) is 0 Å². The third kappa shape index (κ3) is 3.77. The highest BCUT2D eigenvalue weighted by molar-refractivity contribution is 9.10. The molecular formula is C11H16BrClN2O. The first-order chi connectivity index (χ1) is 7.06. The van der Waals surface area contributed by atoms with E-state index in [1.807, 2.05) is 26.0 Å². The summed E-state index contributed by atoms with van der Waals surface area (Å²) in [5, 5.41) is 2.83. The van der Waals surface area contributed by atoms with Gasteiger partial charge in [-0.1, -0.05) is 22.0 Å². The number of carbonyl (C=O) groups is 1. The zero-order valence-corrected chi connectivity index (χ0v) is 11.7. The maximum absolute atomic E-state index is 11.8. The lowest BCUT2D eigenvalue weighted by atomic mass is 10.1. The fraction of sp³-hybridized carbons (Fsp3) is 0.364. The van der Waals surface area contributed by atoms with Gasteiger partial charge in [0.2, 0.25) is 0 Å². The molecule has 0 aliphatic rings. The second kappa shape index (κ2) is 6.89. The number of benzene rings is 1. The van der Waals surface area contributed by atoms with E-state index < -0.39 is 0 Å². The molecule has 1 rings (SSSR count). The number of hydrogen-bond donors (Lipinski definition) is 2.